The lowest BCUT2D eigenvalue weighted by Gasteiger charge is -2.58. The molecule has 0 spiro atoms. The van der Waals surface area contributed by atoms with E-state index in [4.69, 9.17) is 9.72 Å². The third-order valence-electron chi connectivity index (χ3n) is 5.46. The van der Waals surface area contributed by atoms with E-state index in [9.17, 15) is 0 Å². The van der Waals surface area contributed by atoms with Gasteiger partial charge in [0.05, 0.1) is 11.5 Å². The molecule has 2 aromatic rings. The molecule has 0 bridgehead atoms. The van der Waals surface area contributed by atoms with Crippen LogP contribution in [0, 0.1) is 11.3 Å². The van der Waals surface area contributed by atoms with Crippen LogP contribution in [-0.4, -0.2) is 35.8 Å². The van der Waals surface area contributed by atoms with Crippen molar-refractivity contribution in [2.45, 2.75) is 45.8 Å². The van der Waals surface area contributed by atoms with E-state index < -0.39 is 0 Å². The molecule has 0 amide bonds. The zero-order valence-corrected chi connectivity index (χ0v) is 14.5. The van der Waals surface area contributed by atoms with Gasteiger partial charge in [-0.1, -0.05) is 20.8 Å². The number of nitrogens with zero attached hydrogens (tertiary/aromatic N) is 3. The molecule has 4 nitrogen and oxygen atoms in total. The number of aromatic nitrogens is 2. The first-order valence-corrected chi connectivity index (χ1v) is 9.00. The molecular weight excluding hydrogens is 294 g/mol. The molecule has 3 atom stereocenters. The summed E-state index contributed by atoms with van der Waals surface area (Å²) in [4.78, 5) is 13.0. The van der Waals surface area contributed by atoms with Gasteiger partial charge in [-0.3, -0.25) is 0 Å². The lowest BCUT2D eigenvalue weighted by Crippen LogP contribution is -2.66. The van der Waals surface area contributed by atoms with Gasteiger partial charge in [-0.05, 0) is 17.9 Å². The molecule has 3 unspecified atom stereocenters. The Labute approximate surface area is 135 Å². The fraction of sp³-hybridized carbons (Fsp3) is 0.647. The molecule has 2 fully saturated rings. The maximum absolute atomic E-state index is 5.94. The van der Waals surface area contributed by atoms with Gasteiger partial charge in [-0.2, -0.15) is 0 Å². The van der Waals surface area contributed by atoms with Crippen LogP contribution in [0.3, 0.4) is 0 Å². The van der Waals surface area contributed by atoms with Crippen molar-refractivity contribution in [3.8, 4) is 0 Å². The van der Waals surface area contributed by atoms with Crippen LogP contribution in [0.25, 0.3) is 10.2 Å². The second-order valence-electron chi connectivity index (χ2n) is 7.08. The zero-order chi connectivity index (χ0) is 15.5. The van der Waals surface area contributed by atoms with Gasteiger partial charge in [0.25, 0.3) is 0 Å². The molecule has 22 heavy (non-hydrogen) atoms. The second-order valence-corrected chi connectivity index (χ2v) is 7.97. The molecule has 3 heterocycles. The molecule has 0 aromatic carbocycles. The van der Waals surface area contributed by atoms with Crippen LogP contribution < -0.4 is 4.90 Å². The van der Waals surface area contributed by atoms with Gasteiger partial charge in [0, 0.05) is 37.5 Å². The Hall–Kier alpha value is -1.20. The average molecular weight is 317 g/mol. The van der Waals surface area contributed by atoms with Crippen molar-refractivity contribution in [1.29, 1.82) is 0 Å². The fourth-order valence-corrected chi connectivity index (χ4v) is 5.30. The maximum Gasteiger partial charge on any atom is 0.141 e. The van der Waals surface area contributed by atoms with Crippen molar-refractivity contribution in [2.24, 2.45) is 11.3 Å². The highest BCUT2D eigenvalue weighted by molar-refractivity contribution is 7.16. The Balaban J connectivity index is 1.77. The van der Waals surface area contributed by atoms with E-state index in [1.165, 1.54) is 11.8 Å². The summed E-state index contributed by atoms with van der Waals surface area (Å²) >= 11 is 1.70. The van der Waals surface area contributed by atoms with E-state index in [1.807, 2.05) is 0 Å². The first kappa shape index (κ1) is 14.4. The third kappa shape index (κ3) is 1.85. The second kappa shape index (κ2) is 4.90. The third-order valence-corrected chi connectivity index (χ3v) is 6.26. The lowest BCUT2D eigenvalue weighted by molar-refractivity contribution is -0.101. The first-order valence-electron chi connectivity index (χ1n) is 8.12. The quantitative estimate of drug-likeness (QED) is 0.868. The van der Waals surface area contributed by atoms with Crippen molar-refractivity contribution in [1.82, 2.24) is 9.97 Å². The van der Waals surface area contributed by atoms with E-state index in [2.05, 4.69) is 49.1 Å². The summed E-state index contributed by atoms with van der Waals surface area (Å²) in [5, 5.41) is 3.30. The normalized spacial score (nSPS) is 29.4. The highest BCUT2D eigenvalue weighted by Gasteiger charge is 2.61. The van der Waals surface area contributed by atoms with Crippen LogP contribution in [-0.2, 0) is 11.2 Å². The minimum absolute atomic E-state index is 0.176. The molecule has 2 aromatic heterocycles. The molecule has 0 radical (unpaired) electrons. The SMILES string of the molecule is CCc1nc(N(C)C2C3CCOC3C2(C)C)c2ccsc2n1. The van der Waals surface area contributed by atoms with E-state index in [1.54, 1.807) is 11.3 Å². The molecule has 1 aliphatic carbocycles. The number of anilines is 1. The molecule has 2 aliphatic rings. The van der Waals surface area contributed by atoms with E-state index in [-0.39, 0.29) is 5.41 Å². The number of aryl methyl sites for hydroxylation is 1. The van der Waals surface area contributed by atoms with Gasteiger partial charge >= 0.3 is 0 Å². The summed E-state index contributed by atoms with van der Waals surface area (Å²) < 4.78 is 5.94. The Morgan fingerprint density at radius 1 is 1.41 bits per heavy atom. The molecule has 1 saturated carbocycles. The van der Waals surface area contributed by atoms with Crippen LogP contribution in [0.15, 0.2) is 11.4 Å². The molecule has 118 valence electrons. The minimum Gasteiger partial charge on any atom is -0.377 e. The molecule has 1 aliphatic heterocycles. The topological polar surface area (TPSA) is 38.2 Å². The molecule has 1 saturated heterocycles. The van der Waals surface area contributed by atoms with Gasteiger partial charge in [-0.25, -0.2) is 9.97 Å². The molecule has 4 rings (SSSR count). The Kier molecular flexibility index (Phi) is 3.20. The Morgan fingerprint density at radius 3 is 3.00 bits per heavy atom. The number of thiophene rings is 1. The highest BCUT2D eigenvalue weighted by Crippen LogP contribution is 2.55. The number of ether oxygens (including phenoxy) is 1. The monoisotopic (exact) mass is 317 g/mol. The number of fused-ring (bicyclic) bond motifs is 2. The first-order chi connectivity index (χ1) is 10.5. The zero-order valence-electron chi connectivity index (χ0n) is 13.7. The summed E-state index contributed by atoms with van der Waals surface area (Å²) in [6.45, 7) is 7.68. The van der Waals surface area contributed by atoms with Crippen LogP contribution in [0.1, 0.15) is 33.0 Å². The van der Waals surface area contributed by atoms with Gasteiger partial charge in [0.2, 0.25) is 0 Å². The smallest absolute Gasteiger partial charge is 0.141 e. The van der Waals surface area contributed by atoms with Gasteiger partial charge < -0.3 is 9.64 Å². The van der Waals surface area contributed by atoms with E-state index in [0.717, 1.165) is 29.5 Å². The highest BCUT2D eigenvalue weighted by atomic mass is 32.1. The lowest BCUT2D eigenvalue weighted by atomic mass is 9.57. The summed E-state index contributed by atoms with van der Waals surface area (Å²) in [5.74, 6) is 2.66. The van der Waals surface area contributed by atoms with E-state index >= 15 is 0 Å². The summed E-state index contributed by atoms with van der Waals surface area (Å²) in [6.07, 6.45) is 2.45. The Morgan fingerprint density at radius 2 is 2.23 bits per heavy atom. The predicted molar refractivity (Wildman–Crippen MR) is 90.6 cm³/mol. The van der Waals surface area contributed by atoms with Crippen LogP contribution in [0.4, 0.5) is 5.82 Å². The minimum atomic E-state index is 0.176. The molecular formula is C17H23N3OS. The fourth-order valence-electron chi connectivity index (χ4n) is 4.53. The van der Waals surface area contributed by atoms with Gasteiger partial charge in [0.15, 0.2) is 0 Å². The average Bonchev–Trinajstić information content (AvgIpc) is 3.12. The molecule has 5 heteroatoms. The summed E-state index contributed by atoms with van der Waals surface area (Å²) in [6, 6.07) is 2.64. The number of hydrogen-bond acceptors (Lipinski definition) is 5. The number of rotatable bonds is 3. The van der Waals surface area contributed by atoms with Crippen LogP contribution >= 0.6 is 11.3 Å². The molecule has 0 N–H and O–H groups in total. The van der Waals surface area contributed by atoms with E-state index in [0.29, 0.717) is 18.1 Å². The predicted octanol–water partition coefficient (Wildman–Crippen LogP) is 3.50. The van der Waals surface area contributed by atoms with Crippen molar-refractivity contribution in [2.75, 3.05) is 18.6 Å². The maximum atomic E-state index is 5.94. The summed E-state index contributed by atoms with van der Waals surface area (Å²) in [7, 11) is 2.19. The summed E-state index contributed by atoms with van der Waals surface area (Å²) in [5.41, 5.74) is 0.176. The number of hydrogen-bond donors (Lipinski definition) is 0. The Bertz CT molecular complexity index is 711. The van der Waals surface area contributed by atoms with Crippen molar-refractivity contribution in [3.63, 3.8) is 0 Å². The van der Waals surface area contributed by atoms with Crippen molar-refractivity contribution in [3.05, 3.63) is 17.3 Å². The largest absolute Gasteiger partial charge is 0.377 e. The van der Waals surface area contributed by atoms with Crippen LogP contribution in [0.2, 0.25) is 0 Å². The van der Waals surface area contributed by atoms with Crippen molar-refractivity contribution >= 4 is 27.4 Å². The standard InChI is InChI=1S/C17H23N3OS/c1-5-12-18-15(11-7-9-22-16(11)19-12)20(4)13-10-6-8-21-14(10)17(13,2)3/h7,9-10,13-14H,5-6,8H2,1-4H3. The van der Waals surface area contributed by atoms with Crippen LogP contribution in [0.5, 0.6) is 0 Å². The van der Waals surface area contributed by atoms with Gasteiger partial charge in [0.1, 0.15) is 16.5 Å². The van der Waals surface area contributed by atoms with Gasteiger partial charge in [-0.15, -0.1) is 11.3 Å². The van der Waals surface area contributed by atoms with Crippen molar-refractivity contribution < 1.29 is 4.74 Å².